The van der Waals surface area contributed by atoms with E-state index < -0.39 is 4.92 Å². The van der Waals surface area contributed by atoms with Crippen molar-refractivity contribution in [3.05, 3.63) is 69.3 Å². The minimum absolute atomic E-state index is 0.0104. The van der Waals surface area contributed by atoms with Crippen LogP contribution in [0.5, 0.6) is 11.5 Å². The smallest absolute Gasteiger partial charge is 0.294 e. The second-order valence-corrected chi connectivity index (χ2v) is 7.29. The van der Waals surface area contributed by atoms with Crippen LogP contribution >= 0.6 is 0 Å². The van der Waals surface area contributed by atoms with E-state index in [1.54, 1.807) is 38.3 Å². The minimum atomic E-state index is -0.568. The van der Waals surface area contributed by atoms with Gasteiger partial charge in [0.15, 0.2) is 0 Å². The van der Waals surface area contributed by atoms with E-state index in [-0.39, 0.29) is 16.9 Å². The molecule has 2 N–H and O–H groups in total. The molecule has 3 aromatic rings. The summed E-state index contributed by atoms with van der Waals surface area (Å²) in [5, 5.41) is 21.7. The number of nitro benzene ring substituents is 1. The average molecular weight is 432 g/mol. The second-order valence-electron chi connectivity index (χ2n) is 7.29. The monoisotopic (exact) mass is 432 g/mol. The Morgan fingerprint density at radius 3 is 2.25 bits per heavy atom. The van der Waals surface area contributed by atoms with Gasteiger partial charge in [0.2, 0.25) is 0 Å². The number of methoxy groups -OCH3 is 2. The maximum Gasteiger partial charge on any atom is 0.294 e. The molecular formula is C24H24N4O4. The highest BCUT2D eigenvalue weighted by Gasteiger charge is 2.28. The zero-order valence-corrected chi connectivity index (χ0v) is 18.6. The number of nitrogens with two attached hydrogens (primary N) is 1. The summed E-state index contributed by atoms with van der Waals surface area (Å²) in [6.45, 7) is 3.76. The summed E-state index contributed by atoms with van der Waals surface area (Å²) < 4.78 is 10.7. The molecule has 0 unspecified atom stereocenters. The van der Waals surface area contributed by atoms with Crippen molar-refractivity contribution in [1.82, 2.24) is 0 Å². The van der Waals surface area contributed by atoms with Gasteiger partial charge in [-0.2, -0.15) is 5.26 Å². The summed E-state index contributed by atoms with van der Waals surface area (Å²) in [5.74, 6) is 1.30. The SMILES string of the molecule is COc1ccc(N(C)c2c(C#N)cc([N+](=O)[O-])c(N)c2-c2c(C)ccc(OC)c2C)cc1. The molecule has 0 spiro atoms. The molecule has 164 valence electrons. The topological polar surface area (TPSA) is 115 Å². The third kappa shape index (κ3) is 3.76. The summed E-state index contributed by atoms with van der Waals surface area (Å²) in [4.78, 5) is 13.0. The van der Waals surface area contributed by atoms with E-state index in [1.807, 2.05) is 38.1 Å². The van der Waals surface area contributed by atoms with Crippen LogP contribution in [0.3, 0.4) is 0 Å². The molecule has 0 aliphatic heterocycles. The van der Waals surface area contributed by atoms with Crippen LogP contribution in [0.2, 0.25) is 0 Å². The molecule has 32 heavy (non-hydrogen) atoms. The van der Waals surface area contributed by atoms with Gasteiger partial charge in [-0.3, -0.25) is 10.1 Å². The minimum Gasteiger partial charge on any atom is -0.497 e. The molecule has 0 aliphatic rings. The average Bonchev–Trinajstić information content (AvgIpc) is 2.79. The molecule has 0 amide bonds. The molecule has 0 radical (unpaired) electrons. The fraction of sp³-hybridized carbons (Fsp3) is 0.208. The molecule has 3 rings (SSSR count). The summed E-state index contributed by atoms with van der Waals surface area (Å²) >= 11 is 0. The number of anilines is 3. The number of hydrogen-bond acceptors (Lipinski definition) is 7. The second kappa shape index (κ2) is 8.86. The Hall–Kier alpha value is -4.25. The Labute approximate surface area is 186 Å². The van der Waals surface area contributed by atoms with Gasteiger partial charge in [-0.25, -0.2) is 0 Å². The van der Waals surface area contributed by atoms with Gasteiger partial charge < -0.3 is 20.1 Å². The van der Waals surface area contributed by atoms with Crippen molar-refractivity contribution in [2.45, 2.75) is 13.8 Å². The molecular weight excluding hydrogens is 408 g/mol. The van der Waals surface area contributed by atoms with Crippen molar-refractivity contribution >= 4 is 22.7 Å². The molecule has 0 bridgehead atoms. The molecule has 8 heteroatoms. The first-order chi connectivity index (χ1) is 15.2. The van der Waals surface area contributed by atoms with E-state index in [4.69, 9.17) is 15.2 Å². The molecule has 0 aliphatic carbocycles. The van der Waals surface area contributed by atoms with E-state index in [0.717, 1.165) is 16.8 Å². The van der Waals surface area contributed by atoms with Gasteiger partial charge >= 0.3 is 0 Å². The van der Waals surface area contributed by atoms with E-state index in [0.29, 0.717) is 28.3 Å². The predicted molar refractivity (Wildman–Crippen MR) is 125 cm³/mol. The molecule has 0 saturated heterocycles. The number of nitrogens with zero attached hydrogens (tertiary/aromatic N) is 3. The molecule has 0 heterocycles. The predicted octanol–water partition coefficient (Wildman–Crippen LogP) is 5.12. The first-order valence-corrected chi connectivity index (χ1v) is 9.78. The molecule has 0 saturated carbocycles. The highest BCUT2D eigenvalue weighted by atomic mass is 16.6. The molecule has 8 nitrogen and oxygen atoms in total. The number of hydrogen-bond donors (Lipinski definition) is 1. The van der Waals surface area contributed by atoms with Crippen molar-refractivity contribution in [2.75, 3.05) is 31.9 Å². The number of nitrogen functional groups attached to an aromatic ring is 1. The van der Waals surface area contributed by atoms with Crippen LogP contribution in [0.15, 0.2) is 42.5 Å². The Bertz CT molecular complexity index is 1230. The largest absolute Gasteiger partial charge is 0.497 e. The number of nitro groups is 1. The van der Waals surface area contributed by atoms with Gasteiger partial charge in [-0.05, 0) is 60.9 Å². The lowest BCUT2D eigenvalue weighted by Gasteiger charge is -2.27. The highest BCUT2D eigenvalue weighted by Crippen LogP contribution is 2.48. The maximum absolute atomic E-state index is 11.8. The van der Waals surface area contributed by atoms with Crippen LogP contribution in [0, 0.1) is 35.3 Å². The lowest BCUT2D eigenvalue weighted by Crippen LogP contribution is -2.15. The maximum atomic E-state index is 11.8. The standard InChI is InChI=1S/C24H24N4O4/c1-14-6-11-20(32-5)15(2)21(14)22-23(26)19(28(29)30)12-16(13-25)24(22)27(3)17-7-9-18(31-4)10-8-17/h6-12H,26H2,1-5H3. The summed E-state index contributed by atoms with van der Waals surface area (Å²) in [6.07, 6.45) is 0. The van der Waals surface area contributed by atoms with Crippen LogP contribution in [0.1, 0.15) is 16.7 Å². The normalized spacial score (nSPS) is 10.4. The summed E-state index contributed by atoms with van der Waals surface area (Å²) in [5.41, 5.74) is 10.2. The van der Waals surface area contributed by atoms with Crippen LogP contribution in [0.4, 0.5) is 22.7 Å². The van der Waals surface area contributed by atoms with E-state index in [9.17, 15) is 15.4 Å². The van der Waals surface area contributed by atoms with Crippen molar-refractivity contribution in [1.29, 1.82) is 5.26 Å². The number of benzene rings is 3. The zero-order valence-electron chi connectivity index (χ0n) is 18.6. The van der Waals surface area contributed by atoms with Crippen molar-refractivity contribution in [2.24, 2.45) is 0 Å². The van der Waals surface area contributed by atoms with Crippen molar-refractivity contribution in [3.8, 4) is 28.7 Å². The Morgan fingerprint density at radius 2 is 1.72 bits per heavy atom. The number of rotatable bonds is 6. The van der Waals surface area contributed by atoms with Crippen LogP contribution in [0.25, 0.3) is 11.1 Å². The molecule has 0 atom stereocenters. The van der Waals surface area contributed by atoms with Gasteiger partial charge in [0.25, 0.3) is 5.69 Å². The highest BCUT2D eigenvalue weighted by molar-refractivity contribution is 5.99. The fourth-order valence-electron chi connectivity index (χ4n) is 3.88. The molecule has 0 aromatic heterocycles. The van der Waals surface area contributed by atoms with Crippen LogP contribution in [-0.4, -0.2) is 26.2 Å². The van der Waals surface area contributed by atoms with E-state index in [2.05, 4.69) is 6.07 Å². The summed E-state index contributed by atoms with van der Waals surface area (Å²) in [7, 11) is 4.93. The Kier molecular flexibility index (Phi) is 6.21. The van der Waals surface area contributed by atoms with Crippen molar-refractivity contribution in [3.63, 3.8) is 0 Å². The first kappa shape index (κ1) is 22.4. The number of aryl methyl sites for hydroxylation is 1. The summed E-state index contributed by atoms with van der Waals surface area (Å²) in [6, 6.07) is 14.3. The number of nitriles is 1. The number of ether oxygens (including phenoxy) is 2. The molecule has 0 fully saturated rings. The molecule has 3 aromatic carbocycles. The van der Waals surface area contributed by atoms with Gasteiger partial charge in [0, 0.05) is 24.4 Å². The quantitative estimate of drug-likeness (QED) is 0.327. The third-order valence-electron chi connectivity index (χ3n) is 5.52. The van der Waals surface area contributed by atoms with Gasteiger partial charge in [0.05, 0.1) is 30.4 Å². The van der Waals surface area contributed by atoms with Crippen molar-refractivity contribution < 1.29 is 14.4 Å². The lowest BCUT2D eigenvalue weighted by molar-refractivity contribution is -0.383. The van der Waals surface area contributed by atoms with Crippen LogP contribution in [-0.2, 0) is 0 Å². The fourth-order valence-corrected chi connectivity index (χ4v) is 3.88. The zero-order chi connectivity index (χ0) is 23.6. The van der Waals surface area contributed by atoms with E-state index >= 15 is 0 Å². The third-order valence-corrected chi connectivity index (χ3v) is 5.52. The lowest BCUT2D eigenvalue weighted by atomic mass is 9.89. The van der Waals surface area contributed by atoms with Gasteiger partial charge in [0.1, 0.15) is 23.3 Å². The van der Waals surface area contributed by atoms with Gasteiger partial charge in [-0.1, -0.05) is 6.07 Å². The van der Waals surface area contributed by atoms with Gasteiger partial charge in [-0.15, -0.1) is 0 Å². The van der Waals surface area contributed by atoms with E-state index in [1.165, 1.54) is 6.07 Å². The Morgan fingerprint density at radius 1 is 1.06 bits per heavy atom. The Balaban J connectivity index is 2.43. The first-order valence-electron chi connectivity index (χ1n) is 9.78. The van der Waals surface area contributed by atoms with Crippen LogP contribution < -0.4 is 20.1 Å².